The van der Waals surface area contributed by atoms with Crippen molar-refractivity contribution in [2.75, 3.05) is 11.9 Å². The van der Waals surface area contributed by atoms with Crippen LogP contribution in [0.2, 0.25) is 0 Å². The topological polar surface area (TPSA) is 100.0 Å². The first-order valence-corrected chi connectivity index (χ1v) is 5.29. The Morgan fingerprint density at radius 2 is 2.30 bits per heavy atom. The fraction of sp³-hybridized carbons (Fsp3) is 0.400. The van der Waals surface area contributed by atoms with E-state index in [2.05, 4.69) is 25.1 Å². The molecule has 0 unspecified atom stereocenters. The molecule has 1 N–H and O–H groups in total. The van der Waals surface area contributed by atoms with Crippen LogP contribution < -0.4 is 10.1 Å². The second kappa shape index (κ2) is 6.62. The zero-order chi connectivity index (χ0) is 15.2. The van der Waals surface area contributed by atoms with E-state index in [1.165, 1.54) is 19.2 Å². The van der Waals surface area contributed by atoms with Gasteiger partial charge in [-0.15, -0.1) is 0 Å². The maximum absolute atomic E-state index is 12.1. The Hall–Kier alpha value is -2.48. The molecule has 0 bridgehead atoms. The van der Waals surface area contributed by atoms with E-state index in [0.717, 1.165) is 0 Å². The quantitative estimate of drug-likeness (QED) is 0.512. The van der Waals surface area contributed by atoms with Crippen molar-refractivity contribution in [2.45, 2.75) is 19.6 Å². The molecule has 1 rings (SSSR count). The summed E-state index contributed by atoms with van der Waals surface area (Å²) in [6.07, 6.45) is -3.31. The molecule has 1 amide bonds. The molecule has 10 heteroatoms. The molecule has 1 aromatic rings. The molecule has 0 fully saturated rings. The van der Waals surface area contributed by atoms with Crippen LogP contribution in [0.15, 0.2) is 17.4 Å². The smallest absolute Gasteiger partial charge is 0.422 e. The minimum absolute atomic E-state index is 0.0209. The molecule has 0 atom stereocenters. The second-order valence-electron chi connectivity index (χ2n) is 3.67. The van der Waals surface area contributed by atoms with Gasteiger partial charge in [0, 0.05) is 18.0 Å². The van der Waals surface area contributed by atoms with Crippen molar-refractivity contribution in [3.63, 3.8) is 0 Å². The molecule has 0 spiro atoms. The third-order valence-corrected chi connectivity index (χ3v) is 1.91. The van der Waals surface area contributed by atoms with Crippen molar-refractivity contribution in [1.29, 1.82) is 0 Å². The molecule has 0 aliphatic rings. The number of amides is 1. The van der Waals surface area contributed by atoms with Crippen molar-refractivity contribution < 1.29 is 22.7 Å². The first kappa shape index (κ1) is 15.6. The number of alkyl halides is 3. The number of nitrogens with zero attached hydrogens (tertiary/aromatic N) is 4. The predicted molar refractivity (Wildman–Crippen MR) is 62.9 cm³/mol. The summed E-state index contributed by atoms with van der Waals surface area (Å²) in [7, 11) is 0. The van der Waals surface area contributed by atoms with Gasteiger partial charge in [0.2, 0.25) is 11.8 Å². The Morgan fingerprint density at radius 1 is 1.60 bits per heavy atom. The summed E-state index contributed by atoms with van der Waals surface area (Å²) in [5.74, 6) is -0.855. The lowest BCUT2D eigenvalue weighted by molar-refractivity contribution is -0.153. The van der Waals surface area contributed by atoms with Crippen molar-refractivity contribution >= 4 is 11.6 Å². The number of carbonyl (C=O) groups excluding carboxylic acids is 1. The number of hydrogen-bond donors (Lipinski definition) is 1. The van der Waals surface area contributed by atoms with Crippen LogP contribution in [-0.2, 0) is 11.3 Å². The SMILES string of the molecule is CC(=O)Nc1cc(CN=[N+]=[N-])cnc1OCC(F)(F)F. The Kier molecular flexibility index (Phi) is 5.15. The number of anilines is 1. The minimum atomic E-state index is -4.51. The van der Waals surface area contributed by atoms with E-state index in [1.54, 1.807) is 0 Å². The molecule has 0 radical (unpaired) electrons. The van der Waals surface area contributed by atoms with Gasteiger partial charge < -0.3 is 10.1 Å². The average molecular weight is 289 g/mol. The Balaban J connectivity index is 2.96. The van der Waals surface area contributed by atoms with Gasteiger partial charge in [0.25, 0.3) is 0 Å². The first-order chi connectivity index (χ1) is 9.31. The number of rotatable bonds is 5. The van der Waals surface area contributed by atoms with E-state index in [4.69, 9.17) is 5.53 Å². The van der Waals surface area contributed by atoms with Crippen LogP contribution in [0.1, 0.15) is 12.5 Å². The van der Waals surface area contributed by atoms with Crippen LogP contribution in [0, 0.1) is 0 Å². The van der Waals surface area contributed by atoms with Gasteiger partial charge in [-0.1, -0.05) is 5.11 Å². The molecule has 108 valence electrons. The highest BCUT2D eigenvalue weighted by atomic mass is 19.4. The third kappa shape index (κ3) is 5.44. The van der Waals surface area contributed by atoms with Gasteiger partial charge in [-0.05, 0) is 17.2 Å². The van der Waals surface area contributed by atoms with E-state index < -0.39 is 18.7 Å². The van der Waals surface area contributed by atoms with Crippen LogP contribution in [0.3, 0.4) is 0 Å². The van der Waals surface area contributed by atoms with Crippen LogP contribution in [0.5, 0.6) is 5.88 Å². The highest BCUT2D eigenvalue weighted by Crippen LogP contribution is 2.25. The molecule has 1 heterocycles. The zero-order valence-electron chi connectivity index (χ0n) is 10.3. The molecular formula is C10H10F3N5O2. The lowest BCUT2D eigenvalue weighted by Gasteiger charge is -2.13. The van der Waals surface area contributed by atoms with E-state index in [9.17, 15) is 18.0 Å². The lowest BCUT2D eigenvalue weighted by Crippen LogP contribution is -2.20. The van der Waals surface area contributed by atoms with E-state index in [1.807, 2.05) is 0 Å². The normalized spacial score (nSPS) is 10.6. The summed E-state index contributed by atoms with van der Waals surface area (Å²) < 4.78 is 40.8. The van der Waals surface area contributed by atoms with E-state index >= 15 is 0 Å². The van der Waals surface area contributed by atoms with Crippen LogP contribution in [0.25, 0.3) is 10.4 Å². The number of nitrogens with one attached hydrogen (secondary N) is 1. The molecular weight excluding hydrogens is 279 g/mol. The molecule has 0 aliphatic heterocycles. The Morgan fingerprint density at radius 3 is 2.85 bits per heavy atom. The second-order valence-corrected chi connectivity index (χ2v) is 3.67. The van der Waals surface area contributed by atoms with Crippen LogP contribution >= 0.6 is 0 Å². The number of halogens is 3. The Bertz CT molecular complexity index is 540. The fourth-order valence-electron chi connectivity index (χ4n) is 1.24. The van der Waals surface area contributed by atoms with Gasteiger partial charge >= 0.3 is 6.18 Å². The predicted octanol–water partition coefficient (Wildman–Crippen LogP) is 2.79. The minimum Gasteiger partial charge on any atom is -0.467 e. The number of pyridine rings is 1. The zero-order valence-corrected chi connectivity index (χ0v) is 10.3. The molecule has 20 heavy (non-hydrogen) atoms. The van der Waals surface area contributed by atoms with Crippen molar-refractivity contribution in [3.8, 4) is 5.88 Å². The van der Waals surface area contributed by atoms with Gasteiger partial charge in [-0.2, -0.15) is 13.2 Å². The molecule has 7 nitrogen and oxygen atoms in total. The van der Waals surface area contributed by atoms with E-state index in [0.29, 0.717) is 5.56 Å². The van der Waals surface area contributed by atoms with Crippen molar-refractivity contribution in [2.24, 2.45) is 5.11 Å². The van der Waals surface area contributed by atoms with Gasteiger partial charge in [-0.25, -0.2) is 4.98 Å². The first-order valence-electron chi connectivity index (χ1n) is 5.29. The van der Waals surface area contributed by atoms with Gasteiger partial charge in [-0.3, -0.25) is 4.79 Å². The number of carbonyl (C=O) groups is 1. The summed E-state index contributed by atoms with van der Waals surface area (Å²) in [4.78, 5) is 17.2. The Labute approximate surface area is 111 Å². The number of azide groups is 1. The molecule has 0 aliphatic carbocycles. The summed E-state index contributed by atoms with van der Waals surface area (Å²) in [5.41, 5.74) is 8.59. The fourth-order valence-corrected chi connectivity index (χ4v) is 1.24. The third-order valence-electron chi connectivity index (χ3n) is 1.91. The average Bonchev–Trinajstić information content (AvgIpc) is 2.33. The summed E-state index contributed by atoms with van der Waals surface area (Å²) in [5, 5.41) is 5.58. The van der Waals surface area contributed by atoms with Crippen LogP contribution in [0.4, 0.5) is 18.9 Å². The summed E-state index contributed by atoms with van der Waals surface area (Å²) in [6.45, 7) is -0.383. The van der Waals surface area contributed by atoms with Crippen LogP contribution in [-0.4, -0.2) is 23.7 Å². The molecule has 0 saturated heterocycles. The maximum Gasteiger partial charge on any atom is 0.422 e. The maximum atomic E-state index is 12.1. The summed E-state index contributed by atoms with van der Waals surface area (Å²) >= 11 is 0. The van der Waals surface area contributed by atoms with Gasteiger partial charge in [0.1, 0.15) is 5.69 Å². The van der Waals surface area contributed by atoms with Crippen molar-refractivity contribution in [1.82, 2.24) is 4.98 Å². The monoisotopic (exact) mass is 289 g/mol. The number of hydrogen-bond acceptors (Lipinski definition) is 4. The number of aromatic nitrogens is 1. The van der Waals surface area contributed by atoms with Gasteiger partial charge in [0.15, 0.2) is 6.61 Å². The molecule has 0 saturated carbocycles. The standard InChI is InChI=1S/C10H10F3N5O2/c1-6(19)17-8-2-7(4-16-18-14)3-15-9(8)20-5-10(11,12)13/h2-3H,4-5H2,1H3,(H,17,19). The highest BCUT2D eigenvalue weighted by Gasteiger charge is 2.29. The van der Waals surface area contributed by atoms with E-state index in [-0.39, 0.29) is 18.1 Å². The lowest BCUT2D eigenvalue weighted by atomic mass is 10.2. The molecule has 0 aromatic carbocycles. The largest absolute Gasteiger partial charge is 0.467 e. The van der Waals surface area contributed by atoms with Gasteiger partial charge in [0.05, 0.1) is 6.54 Å². The number of ether oxygens (including phenoxy) is 1. The summed E-state index contributed by atoms with van der Waals surface area (Å²) in [6, 6.07) is 1.33. The molecule has 1 aromatic heterocycles. The highest BCUT2D eigenvalue weighted by molar-refractivity contribution is 5.90. The van der Waals surface area contributed by atoms with Crippen molar-refractivity contribution in [3.05, 3.63) is 28.3 Å².